The number of halogens is 1. The summed E-state index contributed by atoms with van der Waals surface area (Å²) in [7, 11) is 0. The number of nitrogens with one attached hydrogen (secondary N) is 1. The first kappa shape index (κ1) is 15.5. The summed E-state index contributed by atoms with van der Waals surface area (Å²) < 4.78 is 13.2. The summed E-state index contributed by atoms with van der Waals surface area (Å²) in [6.45, 7) is 0. The predicted octanol–water partition coefficient (Wildman–Crippen LogP) is 3.46. The lowest BCUT2D eigenvalue weighted by Gasteiger charge is -2.08. The molecular weight excluding hydrogens is 313 g/mol. The summed E-state index contributed by atoms with van der Waals surface area (Å²) in [4.78, 5) is 23.9. The number of carboxylic acids is 1. The van der Waals surface area contributed by atoms with Gasteiger partial charge in [-0.15, -0.1) is 23.1 Å². The lowest BCUT2D eigenvalue weighted by atomic mass is 10.1. The summed E-state index contributed by atoms with van der Waals surface area (Å²) >= 11 is 3.02. The van der Waals surface area contributed by atoms with Crippen LogP contribution in [-0.4, -0.2) is 22.7 Å². The van der Waals surface area contributed by atoms with Gasteiger partial charge < -0.3 is 10.4 Å². The standard InChI is InChI=1S/C14H12FNO3S2/c15-9-3-4-11(14(18)19)12(6-9)16-13(17)8-20-7-10-2-1-5-21-10/h1-6H,7-8H2,(H,16,17)(H,18,19). The summed E-state index contributed by atoms with van der Waals surface area (Å²) in [5.41, 5.74) is -0.155. The number of carbonyl (C=O) groups is 2. The Morgan fingerprint density at radius 3 is 2.81 bits per heavy atom. The number of carboxylic acid groups (broad SMARTS) is 1. The molecule has 0 saturated carbocycles. The highest BCUT2D eigenvalue weighted by atomic mass is 32.2. The van der Waals surface area contributed by atoms with Gasteiger partial charge in [0, 0.05) is 10.6 Å². The highest BCUT2D eigenvalue weighted by molar-refractivity contribution is 7.99. The van der Waals surface area contributed by atoms with E-state index in [0.29, 0.717) is 5.75 Å². The molecule has 0 aliphatic rings. The average molecular weight is 325 g/mol. The highest BCUT2D eigenvalue weighted by Gasteiger charge is 2.13. The average Bonchev–Trinajstić information content (AvgIpc) is 2.91. The molecule has 0 radical (unpaired) electrons. The van der Waals surface area contributed by atoms with E-state index in [9.17, 15) is 14.0 Å². The second kappa shape index (κ2) is 7.24. The van der Waals surface area contributed by atoms with Gasteiger partial charge in [0.15, 0.2) is 0 Å². The van der Waals surface area contributed by atoms with E-state index >= 15 is 0 Å². The number of amides is 1. The largest absolute Gasteiger partial charge is 0.478 e. The number of thiophene rings is 1. The maximum absolute atomic E-state index is 13.2. The van der Waals surface area contributed by atoms with Crippen molar-refractivity contribution in [3.05, 3.63) is 52.0 Å². The molecule has 0 unspecified atom stereocenters. The molecule has 2 rings (SSSR count). The molecule has 110 valence electrons. The number of benzene rings is 1. The maximum Gasteiger partial charge on any atom is 0.337 e. The van der Waals surface area contributed by atoms with Gasteiger partial charge in [-0.3, -0.25) is 4.79 Å². The third-order valence-corrected chi connectivity index (χ3v) is 4.58. The Bertz CT molecular complexity index is 644. The van der Waals surface area contributed by atoms with Crippen LogP contribution in [0.3, 0.4) is 0 Å². The molecule has 1 heterocycles. The van der Waals surface area contributed by atoms with Gasteiger partial charge in [0.1, 0.15) is 5.82 Å². The Morgan fingerprint density at radius 2 is 2.14 bits per heavy atom. The zero-order valence-corrected chi connectivity index (χ0v) is 12.5. The van der Waals surface area contributed by atoms with Crippen LogP contribution in [0.1, 0.15) is 15.2 Å². The van der Waals surface area contributed by atoms with Crippen LogP contribution in [-0.2, 0) is 10.5 Å². The maximum atomic E-state index is 13.2. The van der Waals surface area contributed by atoms with Crippen molar-refractivity contribution in [3.63, 3.8) is 0 Å². The fourth-order valence-electron chi connectivity index (χ4n) is 1.63. The second-order valence-corrected chi connectivity index (χ2v) is 6.13. The van der Waals surface area contributed by atoms with Gasteiger partial charge in [0.2, 0.25) is 5.91 Å². The quantitative estimate of drug-likeness (QED) is 0.853. The number of rotatable bonds is 6. The fraction of sp³-hybridized carbons (Fsp3) is 0.143. The third kappa shape index (κ3) is 4.57. The summed E-state index contributed by atoms with van der Waals surface area (Å²) in [6, 6.07) is 7.10. The monoisotopic (exact) mass is 325 g/mol. The van der Waals surface area contributed by atoms with Crippen molar-refractivity contribution < 1.29 is 19.1 Å². The molecule has 1 aromatic heterocycles. The lowest BCUT2D eigenvalue weighted by Crippen LogP contribution is -2.17. The fourth-order valence-corrected chi connectivity index (χ4v) is 3.30. The molecule has 7 heteroatoms. The van der Waals surface area contributed by atoms with Gasteiger partial charge in [-0.25, -0.2) is 9.18 Å². The van der Waals surface area contributed by atoms with Crippen molar-refractivity contribution in [1.29, 1.82) is 0 Å². The van der Waals surface area contributed by atoms with Crippen molar-refractivity contribution in [2.45, 2.75) is 5.75 Å². The SMILES string of the molecule is O=C(CSCc1cccs1)Nc1cc(F)ccc1C(=O)O. The van der Waals surface area contributed by atoms with Crippen LogP contribution in [0.15, 0.2) is 35.7 Å². The predicted molar refractivity (Wildman–Crippen MR) is 82.5 cm³/mol. The van der Waals surface area contributed by atoms with Crippen LogP contribution < -0.4 is 5.32 Å². The van der Waals surface area contributed by atoms with E-state index in [1.807, 2.05) is 17.5 Å². The number of carbonyl (C=O) groups excluding carboxylic acids is 1. The van der Waals surface area contributed by atoms with Crippen molar-refractivity contribution in [2.24, 2.45) is 0 Å². The Labute approximate surface area is 129 Å². The molecule has 4 nitrogen and oxygen atoms in total. The molecule has 0 atom stereocenters. The van der Waals surface area contributed by atoms with Gasteiger partial charge in [-0.2, -0.15) is 0 Å². The number of hydrogen-bond acceptors (Lipinski definition) is 4. The number of aromatic carboxylic acids is 1. The van der Waals surface area contributed by atoms with Crippen molar-refractivity contribution in [1.82, 2.24) is 0 Å². The first-order valence-corrected chi connectivity index (χ1v) is 8.02. The van der Waals surface area contributed by atoms with Crippen LogP contribution in [0, 0.1) is 5.82 Å². The molecule has 0 aliphatic carbocycles. The van der Waals surface area contributed by atoms with Crippen LogP contribution in [0.2, 0.25) is 0 Å². The van der Waals surface area contributed by atoms with E-state index < -0.39 is 11.8 Å². The Kier molecular flexibility index (Phi) is 5.35. The van der Waals surface area contributed by atoms with Gasteiger partial charge in [-0.1, -0.05) is 6.07 Å². The van der Waals surface area contributed by atoms with Gasteiger partial charge in [0.25, 0.3) is 0 Å². The summed E-state index contributed by atoms with van der Waals surface area (Å²) in [5, 5.41) is 13.4. The molecule has 2 aromatic rings. The van der Waals surface area contributed by atoms with E-state index in [1.54, 1.807) is 11.3 Å². The molecule has 0 aliphatic heterocycles. The normalized spacial score (nSPS) is 10.3. The van der Waals surface area contributed by atoms with Crippen molar-refractivity contribution in [3.8, 4) is 0 Å². The van der Waals surface area contributed by atoms with E-state index in [-0.39, 0.29) is 22.9 Å². The molecule has 1 amide bonds. The zero-order valence-electron chi connectivity index (χ0n) is 10.8. The number of hydrogen-bond donors (Lipinski definition) is 2. The first-order valence-electron chi connectivity index (χ1n) is 5.99. The summed E-state index contributed by atoms with van der Waals surface area (Å²) in [6.07, 6.45) is 0. The molecular formula is C14H12FNO3S2. The van der Waals surface area contributed by atoms with Crippen LogP contribution >= 0.6 is 23.1 Å². The smallest absolute Gasteiger partial charge is 0.337 e. The highest BCUT2D eigenvalue weighted by Crippen LogP contribution is 2.20. The second-order valence-electron chi connectivity index (χ2n) is 4.12. The first-order chi connectivity index (χ1) is 10.1. The molecule has 0 saturated heterocycles. The molecule has 0 spiro atoms. The van der Waals surface area contributed by atoms with Crippen LogP contribution in [0.4, 0.5) is 10.1 Å². The van der Waals surface area contributed by atoms with E-state index in [4.69, 9.17) is 5.11 Å². The Morgan fingerprint density at radius 1 is 1.33 bits per heavy atom. The van der Waals surface area contributed by atoms with E-state index in [2.05, 4.69) is 5.32 Å². The molecule has 21 heavy (non-hydrogen) atoms. The van der Waals surface area contributed by atoms with Gasteiger partial charge in [-0.05, 0) is 29.6 Å². The number of anilines is 1. The lowest BCUT2D eigenvalue weighted by molar-refractivity contribution is -0.113. The zero-order chi connectivity index (χ0) is 15.2. The molecule has 0 bridgehead atoms. The minimum atomic E-state index is -1.21. The summed E-state index contributed by atoms with van der Waals surface area (Å²) in [5.74, 6) is -1.28. The Balaban J connectivity index is 1.93. The topological polar surface area (TPSA) is 66.4 Å². The minimum absolute atomic E-state index is 0.0239. The number of thioether (sulfide) groups is 1. The Hall–Kier alpha value is -1.86. The van der Waals surface area contributed by atoms with E-state index in [1.165, 1.54) is 11.8 Å². The molecule has 2 N–H and O–H groups in total. The molecule has 1 aromatic carbocycles. The van der Waals surface area contributed by atoms with Gasteiger partial charge >= 0.3 is 5.97 Å². The van der Waals surface area contributed by atoms with E-state index in [0.717, 1.165) is 23.1 Å². The van der Waals surface area contributed by atoms with Crippen molar-refractivity contribution in [2.75, 3.05) is 11.1 Å². The van der Waals surface area contributed by atoms with Crippen molar-refractivity contribution >= 4 is 40.7 Å². The van der Waals surface area contributed by atoms with Gasteiger partial charge in [0.05, 0.1) is 17.0 Å². The van der Waals surface area contributed by atoms with Crippen LogP contribution in [0.5, 0.6) is 0 Å². The van der Waals surface area contributed by atoms with Crippen LogP contribution in [0.25, 0.3) is 0 Å². The molecule has 0 fully saturated rings. The minimum Gasteiger partial charge on any atom is -0.478 e. The third-order valence-electron chi connectivity index (χ3n) is 2.54.